The summed E-state index contributed by atoms with van der Waals surface area (Å²) in [4.78, 5) is 26.8. The van der Waals surface area contributed by atoms with E-state index >= 15 is 0 Å². The molecule has 9 nitrogen and oxygen atoms in total. The van der Waals surface area contributed by atoms with E-state index in [4.69, 9.17) is 12.2 Å². The predicted octanol–water partition coefficient (Wildman–Crippen LogP) is 1.38. The molecule has 196 valence electrons. The molecular weight excluding hydrogens is 507 g/mol. The molecule has 3 N–H and O–H groups in total. The number of alkyl halides is 1. The van der Waals surface area contributed by atoms with Crippen molar-refractivity contribution in [2.75, 3.05) is 32.9 Å². The van der Waals surface area contributed by atoms with Crippen molar-refractivity contribution in [2.24, 2.45) is 0 Å². The fraction of sp³-hybridized carbons (Fsp3) is 0.542. The maximum atomic E-state index is 13.0. The number of benzene rings is 1. The number of piperidine rings is 2. The maximum Gasteiger partial charge on any atom is 0.253 e. The number of aryl methyl sites for hydroxylation is 2. The molecule has 4 rings (SSSR count). The smallest absolute Gasteiger partial charge is 0.253 e. The number of amides is 2. The Kier molecular flexibility index (Phi) is 7.26. The van der Waals surface area contributed by atoms with Crippen LogP contribution in [-0.4, -0.2) is 83.6 Å². The van der Waals surface area contributed by atoms with Gasteiger partial charge in [-0.25, -0.2) is 12.8 Å². The summed E-state index contributed by atoms with van der Waals surface area (Å²) in [5.74, 6) is -0.417. The van der Waals surface area contributed by atoms with Gasteiger partial charge in [-0.1, -0.05) is 0 Å². The second-order valence-corrected chi connectivity index (χ2v) is 12.1. The molecule has 0 unspecified atom stereocenters. The molecule has 1 aromatic carbocycles. The zero-order chi connectivity index (χ0) is 26.3. The van der Waals surface area contributed by atoms with Gasteiger partial charge in [0.1, 0.15) is 12.2 Å². The van der Waals surface area contributed by atoms with Gasteiger partial charge >= 0.3 is 0 Å². The van der Waals surface area contributed by atoms with Crippen LogP contribution >= 0.6 is 12.2 Å². The first-order chi connectivity index (χ1) is 16.9. The lowest BCUT2D eigenvalue weighted by Gasteiger charge is -2.36. The second-order valence-electron chi connectivity index (χ2n) is 9.91. The minimum Gasteiger partial charge on any atom is -0.387 e. The number of nitrogens with one attached hydrogen (secondary N) is 2. The highest BCUT2D eigenvalue weighted by molar-refractivity contribution is 7.92. The van der Waals surface area contributed by atoms with Crippen LogP contribution < -0.4 is 10.6 Å². The molecule has 0 bridgehead atoms. The first-order valence-electron chi connectivity index (χ1n) is 11.9. The van der Waals surface area contributed by atoms with E-state index < -0.39 is 27.8 Å². The van der Waals surface area contributed by atoms with E-state index in [-0.39, 0.29) is 55.9 Å². The standard InChI is InChI=1S/C24H31FN4O5S2/c1-16-13-18(20(30)28-8-4-23(32,15-25)5-9-28)14-17(2)19(16)3-12-36(33,34)29-10-6-24(7-11-29)21(31)26-22(35)27-24/h3,12-14,32H,4-11,15H2,1-2H3,(H2,26,27,31,35). The zero-order valence-corrected chi connectivity index (χ0v) is 22.0. The Morgan fingerprint density at radius 2 is 1.72 bits per heavy atom. The number of halogens is 1. The largest absolute Gasteiger partial charge is 0.387 e. The van der Waals surface area contributed by atoms with Crippen molar-refractivity contribution in [3.8, 4) is 0 Å². The van der Waals surface area contributed by atoms with E-state index in [9.17, 15) is 27.5 Å². The van der Waals surface area contributed by atoms with Crippen LogP contribution in [0.25, 0.3) is 6.08 Å². The van der Waals surface area contributed by atoms with Crippen molar-refractivity contribution < 1.29 is 27.5 Å². The van der Waals surface area contributed by atoms with E-state index in [1.807, 2.05) is 13.8 Å². The SMILES string of the molecule is Cc1cc(C(=O)N2CCC(O)(CF)CC2)cc(C)c1C=CS(=O)(=O)N1CCC2(CC1)NC(=S)NC2=O. The van der Waals surface area contributed by atoms with E-state index in [1.54, 1.807) is 17.0 Å². The topological polar surface area (TPSA) is 119 Å². The molecule has 3 aliphatic rings. The van der Waals surface area contributed by atoms with Crippen LogP contribution in [0, 0.1) is 13.8 Å². The lowest BCUT2D eigenvalue weighted by molar-refractivity contribution is -0.125. The fourth-order valence-corrected chi connectivity index (χ4v) is 6.51. The highest BCUT2D eigenvalue weighted by Crippen LogP contribution is 2.29. The Hall–Kier alpha value is -2.41. The van der Waals surface area contributed by atoms with E-state index in [0.717, 1.165) is 16.5 Å². The molecule has 0 radical (unpaired) electrons. The molecule has 0 saturated carbocycles. The Labute approximate surface area is 215 Å². The minimum absolute atomic E-state index is 0.189. The van der Waals surface area contributed by atoms with E-state index in [1.165, 1.54) is 10.4 Å². The van der Waals surface area contributed by atoms with Crippen LogP contribution in [0.5, 0.6) is 0 Å². The third-order valence-electron chi connectivity index (χ3n) is 7.43. The summed E-state index contributed by atoms with van der Waals surface area (Å²) < 4.78 is 40.3. The molecule has 3 aliphatic heterocycles. The van der Waals surface area contributed by atoms with Crippen molar-refractivity contribution in [1.29, 1.82) is 0 Å². The van der Waals surface area contributed by atoms with Gasteiger partial charge in [0.15, 0.2) is 5.11 Å². The van der Waals surface area contributed by atoms with Crippen LogP contribution in [0.15, 0.2) is 17.5 Å². The molecule has 3 heterocycles. The summed E-state index contributed by atoms with van der Waals surface area (Å²) in [6, 6.07) is 3.44. The number of carbonyl (C=O) groups excluding carboxylic acids is 2. The third kappa shape index (κ3) is 5.17. The molecule has 3 saturated heterocycles. The lowest BCUT2D eigenvalue weighted by atomic mass is 9.89. The fourth-order valence-electron chi connectivity index (χ4n) is 5.05. The Morgan fingerprint density at radius 3 is 2.22 bits per heavy atom. The minimum atomic E-state index is -3.72. The predicted molar refractivity (Wildman–Crippen MR) is 137 cm³/mol. The molecule has 36 heavy (non-hydrogen) atoms. The van der Waals surface area contributed by atoms with Gasteiger partial charge in [-0.2, -0.15) is 4.31 Å². The number of aliphatic hydroxyl groups is 1. The number of rotatable bonds is 5. The van der Waals surface area contributed by atoms with Gasteiger partial charge in [0, 0.05) is 37.2 Å². The third-order valence-corrected chi connectivity index (χ3v) is 9.20. The quantitative estimate of drug-likeness (QED) is 0.485. The van der Waals surface area contributed by atoms with Crippen molar-refractivity contribution in [2.45, 2.75) is 50.7 Å². The average molecular weight is 539 g/mol. The summed E-state index contributed by atoms with van der Waals surface area (Å²) >= 11 is 5.02. The highest BCUT2D eigenvalue weighted by Gasteiger charge is 2.47. The molecule has 0 atom stereocenters. The Morgan fingerprint density at radius 1 is 1.14 bits per heavy atom. The molecule has 0 aliphatic carbocycles. The van der Waals surface area contributed by atoms with Gasteiger partial charge in [0.25, 0.3) is 11.8 Å². The number of nitrogens with zero attached hydrogens (tertiary/aromatic N) is 2. The van der Waals surface area contributed by atoms with Gasteiger partial charge in [0.2, 0.25) is 10.0 Å². The Balaban J connectivity index is 1.44. The van der Waals surface area contributed by atoms with Crippen LogP contribution in [0.2, 0.25) is 0 Å². The molecule has 12 heteroatoms. The average Bonchev–Trinajstić information content (AvgIpc) is 3.10. The van der Waals surface area contributed by atoms with Crippen LogP contribution in [-0.2, 0) is 14.8 Å². The van der Waals surface area contributed by atoms with Crippen LogP contribution in [0.4, 0.5) is 4.39 Å². The molecule has 2 amide bonds. The van der Waals surface area contributed by atoms with Crippen molar-refractivity contribution in [3.63, 3.8) is 0 Å². The number of hydrogen-bond acceptors (Lipinski definition) is 6. The van der Waals surface area contributed by atoms with Crippen molar-refractivity contribution in [3.05, 3.63) is 39.8 Å². The second kappa shape index (κ2) is 9.81. The number of likely N-dealkylation sites (tertiary alicyclic amines) is 1. The first kappa shape index (κ1) is 26.6. The van der Waals surface area contributed by atoms with Gasteiger partial charge in [-0.15, -0.1) is 0 Å². The van der Waals surface area contributed by atoms with Crippen LogP contribution in [0.3, 0.4) is 0 Å². The molecule has 0 aromatic heterocycles. The monoisotopic (exact) mass is 538 g/mol. The summed E-state index contributed by atoms with van der Waals surface area (Å²) in [5, 5.41) is 17.1. The van der Waals surface area contributed by atoms with Gasteiger partial charge in [0.05, 0.1) is 5.60 Å². The highest BCUT2D eigenvalue weighted by atomic mass is 32.2. The summed E-state index contributed by atoms with van der Waals surface area (Å²) in [5.41, 5.74) is 0.472. The normalized spacial score (nSPS) is 22.2. The number of hydrogen-bond donors (Lipinski definition) is 3. The van der Waals surface area contributed by atoms with Gasteiger partial charge < -0.3 is 20.6 Å². The van der Waals surface area contributed by atoms with E-state index in [2.05, 4.69) is 10.6 Å². The van der Waals surface area contributed by atoms with E-state index in [0.29, 0.717) is 24.0 Å². The molecule has 3 fully saturated rings. The van der Waals surface area contributed by atoms with Crippen LogP contribution in [0.1, 0.15) is 52.7 Å². The number of sulfonamides is 1. The number of carbonyl (C=O) groups is 2. The van der Waals surface area contributed by atoms with Gasteiger partial charge in [-0.3, -0.25) is 9.59 Å². The zero-order valence-electron chi connectivity index (χ0n) is 20.3. The summed E-state index contributed by atoms with van der Waals surface area (Å²) in [6.45, 7) is 3.73. The Bertz CT molecular complexity index is 1190. The summed E-state index contributed by atoms with van der Waals surface area (Å²) in [6.07, 6.45) is 2.56. The lowest BCUT2D eigenvalue weighted by Crippen LogP contribution is -2.55. The van der Waals surface area contributed by atoms with Crippen molar-refractivity contribution in [1.82, 2.24) is 19.8 Å². The van der Waals surface area contributed by atoms with Crippen molar-refractivity contribution >= 4 is 45.2 Å². The summed E-state index contributed by atoms with van der Waals surface area (Å²) in [7, 11) is -3.72. The molecule has 1 aromatic rings. The molecular formula is C24H31FN4O5S2. The first-order valence-corrected chi connectivity index (χ1v) is 13.8. The number of thiocarbonyl (C=S) groups is 1. The molecule has 1 spiro atoms. The van der Waals surface area contributed by atoms with Gasteiger partial charge in [-0.05, 0) is 86.6 Å². The maximum absolute atomic E-state index is 13.0.